The second kappa shape index (κ2) is 6.65. The summed E-state index contributed by atoms with van der Waals surface area (Å²) in [6.45, 7) is 6.03. The first-order valence-electron chi connectivity index (χ1n) is 4.07. The number of hydrogen-bond acceptors (Lipinski definition) is 4. The Hall–Kier alpha value is -0.845. The summed E-state index contributed by atoms with van der Waals surface area (Å²) in [6.07, 6.45) is 0.636. The van der Waals surface area contributed by atoms with E-state index in [0.29, 0.717) is 25.1 Å². The highest BCUT2D eigenvalue weighted by Crippen LogP contribution is 1.85. The fourth-order valence-electron chi connectivity index (χ4n) is 0.672. The van der Waals surface area contributed by atoms with Crippen molar-refractivity contribution in [3.63, 3.8) is 0 Å². The fourth-order valence-corrected chi connectivity index (χ4v) is 0.672. The number of carbonyl (C=O) groups is 1. The molecule has 0 spiro atoms. The molecular formula is C7H15BN2O3. The smallest absolute Gasteiger partial charge is 0.413 e. The maximum absolute atomic E-state index is 10.9. The minimum Gasteiger partial charge on any atom is -0.413 e. The van der Waals surface area contributed by atoms with Crippen molar-refractivity contribution in [2.45, 2.75) is 13.3 Å². The van der Waals surface area contributed by atoms with Gasteiger partial charge in [-0.1, -0.05) is 6.58 Å². The van der Waals surface area contributed by atoms with E-state index in [1.807, 2.05) is 0 Å². The first kappa shape index (κ1) is 12.2. The van der Waals surface area contributed by atoms with E-state index in [9.17, 15) is 4.79 Å². The van der Waals surface area contributed by atoms with Crippen LogP contribution < -0.4 is 10.5 Å². The quantitative estimate of drug-likeness (QED) is 0.234. The van der Waals surface area contributed by atoms with E-state index in [4.69, 9.17) is 10.0 Å². The highest BCUT2D eigenvalue weighted by Gasteiger charge is 2.04. The van der Waals surface area contributed by atoms with Crippen molar-refractivity contribution < 1.29 is 14.8 Å². The van der Waals surface area contributed by atoms with Crippen LogP contribution in [0.4, 0.5) is 0 Å². The van der Waals surface area contributed by atoms with Crippen molar-refractivity contribution in [2.24, 2.45) is 0 Å². The topological polar surface area (TPSA) is 81.6 Å². The minimum atomic E-state index is -1.49. The molecule has 74 valence electrons. The van der Waals surface area contributed by atoms with Gasteiger partial charge in [0.1, 0.15) is 0 Å². The van der Waals surface area contributed by atoms with Crippen molar-refractivity contribution in [3.05, 3.63) is 12.2 Å². The summed E-state index contributed by atoms with van der Waals surface area (Å²) in [6, 6.07) is 0. The molecule has 0 saturated carbocycles. The molecule has 0 saturated heterocycles. The SMILES string of the molecule is C=C(C)C(=O)NCCCNB(O)O. The lowest BCUT2D eigenvalue weighted by molar-refractivity contribution is -0.117. The van der Waals surface area contributed by atoms with E-state index < -0.39 is 7.25 Å². The second-order valence-electron chi connectivity index (χ2n) is 2.72. The van der Waals surface area contributed by atoms with E-state index >= 15 is 0 Å². The van der Waals surface area contributed by atoms with Crippen LogP contribution in [0.15, 0.2) is 12.2 Å². The molecule has 1 amide bonds. The summed E-state index contributed by atoms with van der Waals surface area (Å²) in [4.78, 5) is 10.9. The van der Waals surface area contributed by atoms with Crippen LogP contribution in [0.1, 0.15) is 13.3 Å². The van der Waals surface area contributed by atoms with Crippen LogP contribution in [0.5, 0.6) is 0 Å². The molecule has 0 aliphatic rings. The van der Waals surface area contributed by atoms with Gasteiger partial charge in [0, 0.05) is 12.1 Å². The van der Waals surface area contributed by atoms with Gasteiger partial charge in [0.2, 0.25) is 5.91 Å². The molecule has 0 rings (SSSR count). The molecule has 0 bridgehead atoms. The zero-order valence-electron chi connectivity index (χ0n) is 7.71. The van der Waals surface area contributed by atoms with Crippen LogP contribution in [0, 0.1) is 0 Å². The Balaban J connectivity index is 3.26. The third kappa shape index (κ3) is 7.51. The molecule has 0 aromatic heterocycles. The van der Waals surface area contributed by atoms with Gasteiger partial charge in [-0.25, -0.2) is 0 Å². The molecule has 0 fully saturated rings. The van der Waals surface area contributed by atoms with Gasteiger partial charge in [0.05, 0.1) is 0 Å². The van der Waals surface area contributed by atoms with Gasteiger partial charge in [-0.3, -0.25) is 4.79 Å². The molecule has 0 aliphatic carbocycles. The van der Waals surface area contributed by atoms with Crippen LogP contribution >= 0.6 is 0 Å². The number of rotatable bonds is 6. The number of nitrogens with one attached hydrogen (secondary N) is 2. The lowest BCUT2D eigenvalue weighted by atomic mass is 10.1. The average molecular weight is 186 g/mol. The van der Waals surface area contributed by atoms with Crippen LogP contribution in [0.3, 0.4) is 0 Å². The van der Waals surface area contributed by atoms with Crippen molar-refractivity contribution >= 4 is 13.2 Å². The molecular weight excluding hydrogens is 171 g/mol. The zero-order valence-corrected chi connectivity index (χ0v) is 7.71. The third-order valence-electron chi connectivity index (χ3n) is 1.35. The minimum absolute atomic E-state index is 0.176. The van der Waals surface area contributed by atoms with Crippen LogP contribution in [-0.4, -0.2) is 36.3 Å². The Labute approximate surface area is 78.0 Å². The molecule has 5 nitrogen and oxygen atoms in total. The Morgan fingerprint density at radius 2 is 2.08 bits per heavy atom. The van der Waals surface area contributed by atoms with E-state index in [2.05, 4.69) is 17.1 Å². The summed E-state index contributed by atoms with van der Waals surface area (Å²) in [5, 5.41) is 21.8. The maximum atomic E-state index is 10.9. The summed E-state index contributed by atoms with van der Waals surface area (Å²) in [5.41, 5.74) is 0.468. The van der Waals surface area contributed by atoms with Crippen molar-refractivity contribution in [2.75, 3.05) is 13.1 Å². The fraction of sp³-hybridized carbons (Fsp3) is 0.571. The van der Waals surface area contributed by atoms with Gasteiger partial charge in [-0.15, -0.1) is 0 Å². The van der Waals surface area contributed by atoms with E-state index in [0.717, 1.165) is 0 Å². The highest BCUT2D eigenvalue weighted by molar-refractivity contribution is 6.37. The molecule has 13 heavy (non-hydrogen) atoms. The molecule has 0 unspecified atom stereocenters. The Bertz CT molecular complexity index is 185. The highest BCUT2D eigenvalue weighted by atomic mass is 16.4. The lowest BCUT2D eigenvalue weighted by Gasteiger charge is -2.04. The predicted octanol–water partition coefficient (Wildman–Crippen LogP) is -1.37. The summed E-state index contributed by atoms with van der Waals surface area (Å²) in [7, 11) is -1.49. The number of hydrogen-bond donors (Lipinski definition) is 4. The molecule has 0 aromatic rings. The Morgan fingerprint density at radius 3 is 2.54 bits per heavy atom. The maximum Gasteiger partial charge on any atom is 0.549 e. The van der Waals surface area contributed by atoms with E-state index in [1.54, 1.807) is 6.92 Å². The van der Waals surface area contributed by atoms with Gasteiger partial charge in [-0.2, -0.15) is 0 Å². The molecule has 0 aliphatic heterocycles. The van der Waals surface area contributed by atoms with E-state index in [1.165, 1.54) is 0 Å². The third-order valence-corrected chi connectivity index (χ3v) is 1.35. The van der Waals surface area contributed by atoms with Crippen LogP contribution in [-0.2, 0) is 4.79 Å². The Morgan fingerprint density at radius 1 is 1.46 bits per heavy atom. The summed E-state index contributed by atoms with van der Waals surface area (Å²) in [5.74, 6) is -0.176. The van der Waals surface area contributed by atoms with Crippen LogP contribution in [0.25, 0.3) is 0 Å². The van der Waals surface area contributed by atoms with E-state index in [-0.39, 0.29) is 5.91 Å². The summed E-state index contributed by atoms with van der Waals surface area (Å²) < 4.78 is 0. The Kier molecular flexibility index (Phi) is 6.22. The molecule has 0 aromatic carbocycles. The van der Waals surface area contributed by atoms with Crippen molar-refractivity contribution in [3.8, 4) is 0 Å². The average Bonchev–Trinajstić information content (AvgIpc) is 2.02. The predicted molar refractivity (Wildman–Crippen MR) is 50.6 cm³/mol. The second-order valence-corrected chi connectivity index (χ2v) is 2.72. The molecule has 4 N–H and O–H groups in total. The normalized spacial score (nSPS) is 9.46. The first-order chi connectivity index (χ1) is 6.04. The lowest BCUT2D eigenvalue weighted by Crippen LogP contribution is -2.36. The molecule has 6 heteroatoms. The summed E-state index contributed by atoms with van der Waals surface area (Å²) >= 11 is 0. The first-order valence-corrected chi connectivity index (χ1v) is 4.07. The van der Waals surface area contributed by atoms with Gasteiger partial charge < -0.3 is 20.6 Å². The molecule has 0 radical (unpaired) electrons. The van der Waals surface area contributed by atoms with Crippen molar-refractivity contribution in [1.29, 1.82) is 0 Å². The molecule has 0 atom stereocenters. The largest absolute Gasteiger partial charge is 0.549 e. The monoisotopic (exact) mass is 186 g/mol. The van der Waals surface area contributed by atoms with Crippen LogP contribution in [0.2, 0.25) is 0 Å². The number of carbonyl (C=O) groups excluding carboxylic acids is 1. The van der Waals surface area contributed by atoms with Crippen molar-refractivity contribution in [1.82, 2.24) is 10.5 Å². The molecule has 0 heterocycles. The van der Waals surface area contributed by atoms with Gasteiger partial charge in [-0.05, 0) is 19.9 Å². The zero-order chi connectivity index (χ0) is 10.3. The van der Waals surface area contributed by atoms with Gasteiger partial charge in [0.25, 0.3) is 0 Å². The number of amides is 1. The van der Waals surface area contributed by atoms with Gasteiger partial charge >= 0.3 is 7.25 Å². The van der Waals surface area contributed by atoms with Gasteiger partial charge in [0.15, 0.2) is 0 Å². The standard InChI is InChI=1S/C7H15BN2O3/c1-6(2)7(11)9-4-3-5-10-8(12)13/h10,12-13H,1,3-5H2,2H3,(H,9,11).